The van der Waals surface area contributed by atoms with Crippen LogP contribution in [0.25, 0.3) is 0 Å². The molecule has 0 aromatic heterocycles. The number of carbonyl (C=O) groups excluding carboxylic acids is 2. The van der Waals surface area contributed by atoms with Gasteiger partial charge in [0.25, 0.3) is 5.91 Å². The zero-order chi connectivity index (χ0) is 27.7. The van der Waals surface area contributed by atoms with Crippen LogP contribution < -0.4 is 15.8 Å². The van der Waals surface area contributed by atoms with Crippen LogP contribution in [0, 0.1) is 11.6 Å². The zero-order valence-corrected chi connectivity index (χ0v) is 21.5. The molecule has 7 nitrogen and oxygen atoms in total. The monoisotopic (exact) mass is 525 g/mol. The highest BCUT2D eigenvalue weighted by Gasteiger charge is 2.32. The third-order valence-corrected chi connectivity index (χ3v) is 6.22. The molecule has 0 aliphatic rings. The number of halogens is 2. The van der Waals surface area contributed by atoms with Gasteiger partial charge < -0.3 is 25.8 Å². The predicted molar refractivity (Wildman–Crippen MR) is 141 cm³/mol. The molecule has 3 aromatic carbocycles. The Morgan fingerprint density at radius 3 is 2.26 bits per heavy atom. The highest BCUT2D eigenvalue weighted by atomic mass is 19.1. The summed E-state index contributed by atoms with van der Waals surface area (Å²) in [5.41, 5.74) is 8.12. The Balaban J connectivity index is 1.88. The Kier molecular flexibility index (Phi) is 10.3. The van der Waals surface area contributed by atoms with Gasteiger partial charge in [-0.05, 0) is 65.9 Å². The standard InChI is InChI=1S/C29H33F2N3O4/c1-3-19-5-4-6-20(11-19)16-33-17-27(35)26(14-21-12-23(30)15-24(31)13-21)34(18-28(32)36)29(37)22-7-9-25(38-2)10-8-22/h4-13,15,26-27,33,35H,3,14,16-18H2,1-2H3,(H2,32,36)/t26-,27+/m0/s1. The van der Waals surface area contributed by atoms with E-state index in [1.807, 2.05) is 18.2 Å². The third kappa shape index (κ3) is 8.09. The van der Waals surface area contributed by atoms with Gasteiger partial charge in [-0.15, -0.1) is 0 Å². The van der Waals surface area contributed by atoms with E-state index in [0.717, 1.165) is 35.1 Å². The van der Waals surface area contributed by atoms with Gasteiger partial charge in [-0.3, -0.25) is 9.59 Å². The number of nitrogens with two attached hydrogens (primary N) is 1. The van der Waals surface area contributed by atoms with Crippen molar-refractivity contribution in [3.63, 3.8) is 0 Å². The highest BCUT2D eigenvalue weighted by molar-refractivity contribution is 5.96. The molecule has 0 bridgehead atoms. The quantitative estimate of drug-likeness (QED) is 0.318. The number of aliphatic hydroxyl groups is 1. The van der Waals surface area contributed by atoms with Gasteiger partial charge in [0.05, 0.1) is 19.3 Å². The van der Waals surface area contributed by atoms with Crippen LogP contribution in [-0.2, 0) is 24.2 Å². The summed E-state index contributed by atoms with van der Waals surface area (Å²) in [5.74, 6) is -2.40. The molecule has 0 fully saturated rings. The lowest BCUT2D eigenvalue weighted by atomic mass is 9.97. The number of aryl methyl sites for hydroxylation is 1. The lowest BCUT2D eigenvalue weighted by molar-refractivity contribution is -0.119. The second kappa shape index (κ2) is 13.6. The molecule has 3 rings (SSSR count). The lowest BCUT2D eigenvalue weighted by Gasteiger charge is -2.35. The van der Waals surface area contributed by atoms with Crippen LogP contribution in [0.1, 0.15) is 34.0 Å². The molecule has 2 amide bonds. The molecule has 9 heteroatoms. The van der Waals surface area contributed by atoms with Crippen LogP contribution in [0.5, 0.6) is 5.75 Å². The number of nitrogens with one attached hydrogen (secondary N) is 1. The molecule has 0 heterocycles. The maximum absolute atomic E-state index is 14.0. The van der Waals surface area contributed by atoms with Crippen LogP contribution in [0.3, 0.4) is 0 Å². The number of benzene rings is 3. The summed E-state index contributed by atoms with van der Waals surface area (Å²) < 4.78 is 33.1. The minimum Gasteiger partial charge on any atom is -0.497 e. The summed E-state index contributed by atoms with van der Waals surface area (Å²) >= 11 is 0. The van der Waals surface area contributed by atoms with E-state index in [1.165, 1.54) is 24.8 Å². The number of amides is 2. The first-order chi connectivity index (χ1) is 18.2. The molecule has 2 atom stereocenters. The van der Waals surface area contributed by atoms with E-state index in [1.54, 1.807) is 12.1 Å². The van der Waals surface area contributed by atoms with Gasteiger partial charge >= 0.3 is 0 Å². The Morgan fingerprint density at radius 2 is 1.66 bits per heavy atom. The van der Waals surface area contributed by atoms with Crippen molar-refractivity contribution < 1.29 is 28.2 Å². The van der Waals surface area contributed by atoms with E-state index in [4.69, 9.17) is 10.5 Å². The summed E-state index contributed by atoms with van der Waals surface area (Å²) in [6, 6.07) is 16.2. The maximum atomic E-state index is 14.0. The van der Waals surface area contributed by atoms with E-state index >= 15 is 0 Å². The van der Waals surface area contributed by atoms with Crippen molar-refractivity contribution in [2.24, 2.45) is 5.73 Å². The fourth-order valence-corrected chi connectivity index (χ4v) is 4.29. The third-order valence-electron chi connectivity index (χ3n) is 6.22. The average molecular weight is 526 g/mol. The molecule has 0 radical (unpaired) electrons. The number of nitrogens with zero attached hydrogens (tertiary/aromatic N) is 1. The van der Waals surface area contributed by atoms with E-state index in [2.05, 4.69) is 18.3 Å². The van der Waals surface area contributed by atoms with Gasteiger partial charge in [0, 0.05) is 24.7 Å². The summed E-state index contributed by atoms with van der Waals surface area (Å²) in [5, 5.41) is 14.4. The number of carbonyl (C=O) groups is 2. The molecule has 0 aliphatic heterocycles. The van der Waals surface area contributed by atoms with Crippen LogP contribution in [0.15, 0.2) is 66.7 Å². The normalized spacial score (nSPS) is 12.6. The fourth-order valence-electron chi connectivity index (χ4n) is 4.29. The number of hydrogen-bond acceptors (Lipinski definition) is 5. The van der Waals surface area contributed by atoms with Crippen LogP contribution >= 0.6 is 0 Å². The number of primary amides is 1. The molecule has 0 saturated carbocycles. The molecule has 4 N–H and O–H groups in total. The molecular weight excluding hydrogens is 492 g/mol. The molecular formula is C29H33F2N3O4. The lowest BCUT2D eigenvalue weighted by Crippen LogP contribution is -2.53. The number of rotatable bonds is 13. The summed E-state index contributed by atoms with van der Waals surface area (Å²) in [6.07, 6.45) is -0.423. The van der Waals surface area contributed by atoms with Crippen molar-refractivity contribution in [3.05, 3.63) is 101 Å². The molecule has 0 saturated heterocycles. The molecule has 0 aliphatic carbocycles. The Hall–Kier alpha value is -3.82. The smallest absolute Gasteiger partial charge is 0.254 e. The van der Waals surface area contributed by atoms with Gasteiger partial charge in [-0.2, -0.15) is 0 Å². The van der Waals surface area contributed by atoms with Gasteiger partial charge in [0.1, 0.15) is 23.9 Å². The first kappa shape index (κ1) is 28.7. The van der Waals surface area contributed by atoms with Crippen molar-refractivity contribution >= 4 is 11.8 Å². The van der Waals surface area contributed by atoms with Gasteiger partial charge in [-0.25, -0.2) is 8.78 Å². The molecule has 3 aromatic rings. The van der Waals surface area contributed by atoms with E-state index < -0.39 is 42.1 Å². The SMILES string of the molecule is CCc1cccc(CNC[C@@H](O)[C@H](Cc2cc(F)cc(F)c2)N(CC(N)=O)C(=O)c2ccc(OC)cc2)c1. The number of ether oxygens (including phenoxy) is 1. The van der Waals surface area contributed by atoms with Crippen molar-refractivity contribution in [3.8, 4) is 5.75 Å². The zero-order valence-electron chi connectivity index (χ0n) is 21.5. The molecule has 38 heavy (non-hydrogen) atoms. The van der Waals surface area contributed by atoms with Gasteiger partial charge in [0.15, 0.2) is 0 Å². The van der Waals surface area contributed by atoms with Crippen molar-refractivity contribution in [2.75, 3.05) is 20.2 Å². The van der Waals surface area contributed by atoms with E-state index in [-0.39, 0.29) is 24.1 Å². The minimum absolute atomic E-state index is 0.0456. The fraction of sp³-hybridized carbons (Fsp3) is 0.310. The molecule has 0 unspecified atom stereocenters. The number of aliphatic hydroxyl groups excluding tert-OH is 1. The number of hydrogen-bond donors (Lipinski definition) is 3. The largest absolute Gasteiger partial charge is 0.497 e. The van der Waals surface area contributed by atoms with Crippen LogP contribution in [-0.4, -0.2) is 54.2 Å². The summed E-state index contributed by atoms with van der Waals surface area (Å²) in [7, 11) is 1.49. The van der Waals surface area contributed by atoms with Gasteiger partial charge in [-0.1, -0.05) is 31.2 Å². The Morgan fingerprint density at radius 1 is 1.00 bits per heavy atom. The van der Waals surface area contributed by atoms with E-state index in [0.29, 0.717) is 12.3 Å². The molecule has 202 valence electrons. The Labute approximate surface area is 221 Å². The average Bonchev–Trinajstić information content (AvgIpc) is 2.89. The van der Waals surface area contributed by atoms with Crippen molar-refractivity contribution in [2.45, 2.75) is 38.5 Å². The number of methoxy groups -OCH3 is 1. The van der Waals surface area contributed by atoms with Crippen molar-refractivity contribution in [1.29, 1.82) is 0 Å². The first-order valence-corrected chi connectivity index (χ1v) is 12.3. The summed E-state index contributed by atoms with van der Waals surface area (Å²) in [4.78, 5) is 26.6. The topological polar surface area (TPSA) is 105 Å². The predicted octanol–water partition coefficient (Wildman–Crippen LogP) is 3.23. The summed E-state index contributed by atoms with van der Waals surface area (Å²) in [6.45, 7) is 2.06. The maximum Gasteiger partial charge on any atom is 0.254 e. The van der Waals surface area contributed by atoms with Crippen molar-refractivity contribution in [1.82, 2.24) is 10.2 Å². The highest BCUT2D eigenvalue weighted by Crippen LogP contribution is 2.20. The second-order valence-electron chi connectivity index (χ2n) is 9.05. The minimum atomic E-state index is -1.20. The Bertz CT molecular complexity index is 1220. The van der Waals surface area contributed by atoms with Crippen LogP contribution in [0.4, 0.5) is 8.78 Å². The second-order valence-corrected chi connectivity index (χ2v) is 9.05. The molecule has 0 spiro atoms. The van der Waals surface area contributed by atoms with E-state index in [9.17, 15) is 23.5 Å². The first-order valence-electron chi connectivity index (χ1n) is 12.3. The van der Waals surface area contributed by atoms with Gasteiger partial charge in [0.2, 0.25) is 5.91 Å². The van der Waals surface area contributed by atoms with Crippen LogP contribution in [0.2, 0.25) is 0 Å².